The Morgan fingerprint density at radius 3 is 0.672 bits per heavy atom. The van der Waals surface area contributed by atoms with E-state index in [1.165, 1.54) is 0 Å². The van der Waals surface area contributed by atoms with Crippen LogP contribution in [-0.4, -0.2) is 19.9 Å². The number of benzene rings is 4. The van der Waals surface area contributed by atoms with Gasteiger partial charge in [-0.05, 0) is 97.1 Å². The van der Waals surface area contributed by atoms with Gasteiger partial charge in [-0.3, -0.25) is 0 Å². The number of hydrogen-bond acceptors (Lipinski definition) is 2. The van der Waals surface area contributed by atoms with Crippen LogP contribution in [0.5, 0.6) is 0 Å². The maximum absolute atomic E-state index is 6.99. The smallest absolute Gasteiger partial charge is 0.0738 e. The Bertz CT molecular complexity index is 2840. The first kappa shape index (κ1) is 45.1. The van der Waals surface area contributed by atoms with E-state index in [0.29, 0.717) is 109 Å². The summed E-state index contributed by atoms with van der Waals surface area (Å²) in [6.07, 6.45) is 7.32. The average molecular weight is 1080 g/mol. The molecule has 4 nitrogen and oxygen atoms in total. The standard InChI is InChI=1S/C44H18Cl12N4.Mn/c45-17-1-5-21(49)41(53)33(17)37-25-9-11-27(57-25)38(34-18(46)2-6-22(50)42(34)54)29-13-15-31(59-29)40(36-20(48)4-8-24(52)44(36)56)32-16-14-30(60-32)39(28-12-10-26(37)58-28)35-19(47)3-7-23(51)43(35)55;/h1-16,57,60H;. The second-order valence-electron chi connectivity index (χ2n) is 13.4. The third-order valence-corrected chi connectivity index (χ3v) is 14.4. The molecule has 0 aliphatic carbocycles. The predicted octanol–water partition coefficient (Wildman–Crippen LogP) is 19.2. The zero-order valence-corrected chi connectivity index (χ0v) is 40.3. The first-order chi connectivity index (χ1) is 28.7. The number of H-pyrrole nitrogens is 2. The SMILES string of the molecule is Clc1ccc(Cl)c(-c2c3nc(c(-c4c(Cl)ccc(Cl)c4Cl)c4ccc([nH]4)c(-c4c(Cl)ccc(Cl)c4Cl)c4nc(c(-c5c(Cl)ccc(Cl)c5Cl)c5ccc2[nH]5)C=C4)C=C3)c1Cl.[Mn]. The molecule has 4 aromatic carbocycles. The molecule has 0 fully saturated rings. The van der Waals surface area contributed by atoms with Crippen molar-refractivity contribution in [2.45, 2.75) is 0 Å². The van der Waals surface area contributed by atoms with E-state index in [1.54, 1.807) is 48.5 Å². The van der Waals surface area contributed by atoms with E-state index in [4.69, 9.17) is 149 Å². The third-order valence-electron chi connectivity index (χ3n) is 9.93. The molecular weight excluding hydrogens is 1060 g/mol. The fourth-order valence-electron chi connectivity index (χ4n) is 7.28. The van der Waals surface area contributed by atoms with Gasteiger partial charge in [0.2, 0.25) is 0 Å². The van der Waals surface area contributed by atoms with Crippen LogP contribution in [0, 0.1) is 0 Å². The van der Waals surface area contributed by atoms with E-state index in [1.807, 2.05) is 48.6 Å². The topological polar surface area (TPSA) is 57.4 Å². The number of fused-ring (bicyclic) bond motifs is 8. The molecule has 0 atom stereocenters. The van der Waals surface area contributed by atoms with Crippen molar-refractivity contribution >= 4 is 186 Å². The van der Waals surface area contributed by atoms with Crippen LogP contribution in [0.4, 0.5) is 0 Å². The van der Waals surface area contributed by atoms with Crippen molar-refractivity contribution in [1.82, 2.24) is 19.9 Å². The molecule has 2 aliphatic rings. The van der Waals surface area contributed by atoms with Gasteiger partial charge in [0.05, 0.1) is 83.0 Å². The average Bonchev–Trinajstić information content (AvgIpc) is 4.07. The number of rotatable bonds is 4. The summed E-state index contributed by atoms with van der Waals surface area (Å²) in [5.74, 6) is 0. The van der Waals surface area contributed by atoms with Crippen molar-refractivity contribution in [3.05, 3.63) is 156 Å². The Labute approximate surface area is 418 Å². The van der Waals surface area contributed by atoms with Crippen LogP contribution in [0.25, 0.3) is 90.9 Å². The molecule has 0 spiro atoms. The van der Waals surface area contributed by atoms with E-state index in [9.17, 15) is 0 Å². The van der Waals surface area contributed by atoms with Crippen LogP contribution in [0.15, 0.2) is 72.8 Å². The molecule has 305 valence electrons. The first-order valence-corrected chi connectivity index (χ1v) is 22.0. The number of aromatic nitrogens is 4. The summed E-state index contributed by atoms with van der Waals surface area (Å²) in [5.41, 5.74) is 7.87. The minimum Gasteiger partial charge on any atom is -0.354 e. The normalized spacial score (nSPS) is 12.0. The van der Waals surface area contributed by atoms with Gasteiger partial charge in [0.1, 0.15) is 0 Å². The zero-order valence-electron chi connectivity index (χ0n) is 30.0. The third kappa shape index (κ3) is 7.92. The molecule has 61 heavy (non-hydrogen) atoms. The number of nitrogens with zero attached hydrogens (tertiary/aromatic N) is 2. The molecule has 2 N–H and O–H groups in total. The van der Waals surface area contributed by atoms with Crippen LogP contribution in [0.3, 0.4) is 0 Å². The van der Waals surface area contributed by atoms with Gasteiger partial charge in [0, 0.05) is 83.6 Å². The van der Waals surface area contributed by atoms with Gasteiger partial charge < -0.3 is 9.97 Å². The molecule has 17 heteroatoms. The molecule has 0 amide bonds. The van der Waals surface area contributed by atoms with Crippen molar-refractivity contribution in [3.63, 3.8) is 0 Å². The number of halogens is 12. The van der Waals surface area contributed by atoms with Gasteiger partial charge in [-0.2, -0.15) is 0 Å². The predicted molar refractivity (Wildman–Crippen MR) is 261 cm³/mol. The molecule has 7 aromatic rings. The summed E-state index contributed by atoms with van der Waals surface area (Å²) in [7, 11) is 0. The fourth-order valence-corrected chi connectivity index (χ4v) is 10.2. The van der Waals surface area contributed by atoms with Crippen molar-refractivity contribution in [2.24, 2.45) is 0 Å². The van der Waals surface area contributed by atoms with Gasteiger partial charge >= 0.3 is 0 Å². The second kappa shape index (κ2) is 17.8. The molecular formula is C44H18Cl12MnN4. The van der Waals surface area contributed by atoms with Crippen LogP contribution < -0.4 is 0 Å². The Hall–Kier alpha value is -2.52. The number of nitrogens with one attached hydrogen (secondary N) is 2. The number of hydrogen-bond donors (Lipinski definition) is 2. The number of aromatic amines is 2. The molecule has 2 aliphatic heterocycles. The molecule has 0 unspecified atom stereocenters. The monoisotopic (exact) mass is 1080 g/mol. The summed E-state index contributed by atoms with van der Waals surface area (Å²) in [6, 6.07) is 20.6. The summed E-state index contributed by atoms with van der Waals surface area (Å²) in [5, 5.41) is 3.25. The van der Waals surface area contributed by atoms with Gasteiger partial charge in [-0.15, -0.1) is 0 Å². The van der Waals surface area contributed by atoms with Crippen LogP contribution in [-0.2, 0) is 17.1 Å². The summed E-state index contributed by atoms with van der Waals surface area (Å²) >= 11 is 82.4. The van der Waals surface area contributed by atoms with E-state index < -0.39 is 0 Å². The van der Waals surface area contributed by atoms with Crippen molar-refractivity contribution in [2.75, 3.05) is 0 Å². The molecule has 3 aromatic heterocycles. The summed E-state index contributed by atoms with van der Waals surface area (Å²) in [6.45, 7) is 0. The minimum atomic E-state index is 0. The molecule has 9 rings (SSSR count). The Morgan fingerprint density at radius 2 is 0.459 bits per heavy atom. The Morgan fingerprint density at radius 1 is 0.262 bits per heavy atom. The molecule has 0 saturated heterocycles. The van der Waals surface area contributed by atoms with Gasteiger partial charge in [0.25, 0.3) is 0 Å². The van der Waals surface area contributed by atoms with E-state index in [2.05, 4.69) is 9.97 Å². The van der Waals surface area contributed by atoms with Gasteiger partial charge in [-0.1, -0.05) is 139 Å². The van der Waals surface area contributed by atoms with Gasteiger partial charge in [0.15, 0.2) is 0 Å². The van der Waals surface area contributed by atoms with Crippen LogP contribution in [0.1, 0.15) is 22.8 Å². The van der Waals surface area contributed by atoms with Gasteiger partial charge in [-0.25, -0.2) is 9.97 Å². The van der Waals surface area contributed by atoms with Crippen molar-refractivity contribution < 1.29 is 17.1 Å². The second-order valence-corrected chi connectivity index (χ2v) is 18.1. The summed E-state index contributed by atoms with van der Waals surface area (Å²) in [4.78, 5) is 17.5. The van der Waals surface area contributed by atoms with Crippen LogP contribution in [0.2, 0.25) is 60.3 Å². The molecule has 1 radical (unpaired) electrons. The largest absolute Gasteiger partial charge is 0.354 e. The summed E-state index contributed by atoms with van der Waals surface area (Å²) < 4.78 is 0. The van der Waals surface area contributed by atoms with E-state index in [-0.39, 0.29) is 57.2 Å². The minimum absolute atomic E-state index is 0. The molecule has 5 heterocycles. The maximum Gasteiger partial charge on any atom is 0.0738 e. The Balaban J connectivity index is 0.00000514. The fraction of sp³-hybridized carbons (Fsp3) is 0. The van der Waals surface area contributed by atoms with E-state index >= 15 is 0 Å². The molecule has 8 bridgehead atoms. The zero-order chi connectivity index (χ0) is 42.3. The Kier molecular flexibility index (Phi) is 13.2. The van der Waals surface area contributed by atoms with E-state index in [0.717, 1.165) is 0 Å². The maximum atomic E-state index is 6.99. The van der Waals surface area contributed by atoms with Crippen LogP contribution >= 0.6 is 139 Å². The quantitative estimate of drug-likeness (QED) is 0.136. The first-order valence-electron chi connectivity index (χ1n) is 17.4. The molecule has 0 saturated carbocycles. The van der Waals surface area contributed by atoms with Crippen molar-refractivity contribution in [1.29, 1.82) is 0 Å². The van der Waals surface area contributed by atoms with Crippen molar-refractivity contribution in [3.8, 4) is 44.5 Å².